The maximum atomic E-state index is 12.9. The van der Waals surface area contributed by atoms with Crippen LogP contribution in [-0.4, -0.2) is 56.1 Å². The largest absolute Gasteiger partial charge is 0.351 e. The normalized spacial score (nSPS) is 21.3. The number of nitrogens with one attached hydrogen (secondary N) is 2. The van der Waals surface area contributed by atoms with E-state index in [0.717, 1.165) is 0 Å². The number of benzene rings is 1. The predicted molar refractivity (Wildman–Crippen MR) is 105 cm³/mol. The third-order valence-electron chi connectivity index (χ3n) is 5.12. The van der Waals surface area contributed by atoms with Gasteiger partial charge < -0.3 is 10.2 Å². The Kier molecular flexibility index (Phi) is 5.74. The maximum Gasteiger partial charge on any atom is 0.263 e. The van der Waals surface area contributed by atoms with E-state index in [1.165, 1.54) is 6.07 Å². The molecule has 0 radical (unpaired) electrons. The molecule has 0 spiro atoms. The fourth-order valence-corrected chi connectivity index (χ4v) is 4.74. The smallest absolute Gasteiger partial charge is 0.263 e. The van der Waals surface area contributed by atoms with E-state index in [1.54, 1.807) is 30.0 Å². The van der Waals surface area contributed by atoms with E-state index in [-0.39, 0.29) is 34.5 Å². The zero-order valence-corrected chi connectivity index (χ0v) is 17.1. The number of carbonyl (C=O) groups excluding carboxylic acids is 2. The first-order valence-electron chi connectivity index (χ1n) is 9.45. The lowest BCUT2D eigenvalue weighted by molar-refractivity contribution is -0.130. The van der Waals surface area contributed by atoms with Gasteiger partial charge in [-0.15, -0.1) is 0 Å². The molecule has 1 aromatic rings. The van der Waals surface area contributed by atoms with Crippen LogP contribution in [0.2, 0.25) is 0 Å². The van der Waals surface area contributed by atoms with Crippen molar-refractivity contribution in [1.82, 2.24) is 14.9 Å². The van der Waals surface area contributed by atoms with E-state index in [2.05, 4.69) is 15.0 Å². The zero-order valence-electron chi connectivity index (χ0n) is 16.3. The molecule has 0 aromatic heterocycles. The molecule has 2 heterocycles. The summed E-state index contributed by atoms with van der Waals surface area (Å²) >= 11 is 0. The minimum absolute atomic E-state index is 0.0166. The molecule has 2 aliphatic heterocycles. The summed E-state index contributed by atoms with van der Waals surface area (Å²) in [5, 5.41) is 3.02. The van der Waals surface area contributed by atoms with Crippen molar-refractivity contribution in [3.05, 3.63) is 29.8 Å². The van der Waals surface area contributed by atoms with Gasteiger partial charge in [0, 0.05) is 31.6 Å². The summed E-state index contributed by atoms with van der Waals surface area (Å²) in [5.74, 6) is -0.0892. The predicted octanol–water partition coefficient (Wildman–Crippen LogP) is 0.877. The Morgan fingerprint density at radius 2 is 1.86 bits per heavy atom. The van der Waals surface area contributed by atoms with Crippen LogP contribution in [0.15, 0.2) is 34.2 Å². The summed E-state index contributed by atoms with van der Waals surface area (Å²) in [4.78, 5) is 30.7. The molecule has 2 N–H and O–H groups in total. The summed E-state index contributed by atoms with van der Waals surface area (Å²) < 4.78 is 27.0. The summed E-state index contributed by atoms with van der Waals surface area (Å²) in [5.41, 5.74) is 0.482. The van der Waals surface area contributed by atoms with Gasteiger partial charge in [-0.1, -0.05) is 26.0 Å². The number of aliphatic imine (C=N–C) groups is 1. The van der Waals surface area contributed by atoms with Gasteiger partial charge in [-0.3, -0.25) is 19.3 Å². The topological polar surface area (TPSA) is 108 Å². The van der Waals surface area contributed by atoms with Crippen LogP contribution >= 0.6 is 0 Å². The van der Waals surface area contributed by atoms with Gasteiger partial charge in [0.15, 0.2) is 0 Å². The highest BCUT2D eigenvalue weighted by molar-refractivity contribution is 7.90. The van der Waals surface area contributed by atoms with E-state index < -0.39 is 16.1 Å². The number of sulfonamides is 1. The summed E-state index contributed by atoms with van der Waals surface area (Å²) in [6.07, 6.45) is 1.39. The fraction of sp³-hybridized carbons (Fsp3) is 0.526. The standard InChI is InChI=1S/C19H26N4O4S/c1-12(2)17(19(25)20-14-8-10-23(11-9-14)13(3)24)21-18-15-6-4-5-7-16(15)28(26,27)22-18/h4-7,12,14,17H,8-11H2,1-3H3,(H,20,25)(H,21,22)/t17-/m0/s1. The van der Waals surface area contributed by atoms with Crippen molar-refractivity contribution in [1.29, 1.82) is 0 Å². The fourth-order valence-electron chi connectivity index (χ4n) is 3.50. The van der Waals surface area contributed by atoms with Gasteiger partial charge in [-0.2, -0.15) is 0 Å². The Hall–Kier alpha value is -2.42. The first-order chi connectivity index (χ1) is 13.2. The van der Waals surface area contributed by atoms with Gasteiger partial charge >= 0.3 is 0 Å². The molecule has 0 saturated carbocycles. The molecule has 1 aromatic carbocycles. The molecule has 9 heteroatoms. The van der Waals surface area contributed by atoms with Crippen LogP contribution in [0.5, 0.6) is 0 Å². The number of amides is 2. The molecule has 1 saturated heterocycles. The molecule has 0 bridgehead atoms. The van der Waals surface area contributed by atoms with Gasteiger partial charge in [0.1, 0.15) is 11.9 Å². The lowest BCUT2D eigenvalue weighted by atomic mass is 10.0. The highest BCUT2D eigenvalue weighted by Gasteiger charge is 2.33. The van der Waals surface area contributed by atoms with Crippen LogP contribution in [0.4, 0.5) is 0 Å². The molecule has 1 fully saturated rings. The number of hydrogen-bond acceptors (Lipinski definition) is 5. The first-order valence-corrected chi connectivity index (χ1v) is 10.9. The lowest BCUT2D eigenvalue weighted by Gasteiger charge is -2.32. The molecule has 8 nitrogen and oxygen atoms in total. The van der Waals surface area contributed by atoms with Crippen LogP contribution in [0.25, 0.3) is 0 Å². The zero-order chi connectivity index (χ0) is 20.5. The molecule has 0 aliphatic carbocycles. The lowest BCUT2D eigenvalue weighted by Crippen LogP contribution is -2.49. The number of amidine groups is 1. The Balaban J connectivity index is 1.75. The minimum Gasteiger partial charge on any atom is -0.351 e. The molecule has 28 heavy (non-hydrogen) atoms. The molecule has 3 rings (SSSR count). The van der Waals surface area contributed by atoms with Crippen LogP contribution in [0.3, 0.4) is 0 Å². The quantitative estimate of drug-likeness (QED) is 0.774. The van der Waals surface area contributed by atoms with E-state index in [9.17, 15) is 18.0 Å². The molecule has 0 unspecified atom stereocenters. The number of likely N-dealkylation sites (tertiary alicyclic amines) is 1. The molecule has 1 atom stereocenters. The molecule has 2 aliphatic rings. The van der Waals surface area contributed by atoms with Crippen molar-refractivity contribution in [2.45, 2.75) is 50.6 Å². The molecular weight excluding hydrogens is 380 g/mol. The van der Waals surface area contributed by atoms with Crippen molar-refractivity contribution >= 4 is 27.7 Å². The van der Waals surface area contributed by atoms with Crippen LogP contribution in [-0.2, 0) is 19.6 Å². The van der Waals surface area contributed by atoms with Crippen molar-refractivity contribution in [2.75, 3.05) is 13.1 Å². The Morgan fingerprint density at radius 1 is 1.21 bits per heavy atom. The highest BCUT2D eigenvalue weighted by atomic mass is 32.2. The van der Waals surface area contributed by atoms with Crippen LogP contribution < -0.4 is 10.0 Å². The van der Waals surface area contributed by atoms with Crippen molar-refractivity contribution < 1.29 is 18.0 Å². The summed E-state index contributed by atoms with van der Waals surface area (Å²) in [7, 11) is -3.64. The second-order valence-electron chi connectivity index (χ2n) is 7.56. The van der Waals surface area contributed by atoms with E-state index in [0.29, 0.717) is 31.5 Å². The minimum atomic E-state index is -3.64. The number of nitrogens with zero attached hydrogens (tertiary/aromatic N) is 2. The Bertz CT molecular complexity index is 902. The monoisotopic (exact) mass is 406 g/mol. The second kappa shape index (κ2) is 7.90. The summed E-state index contributed by atoms with van der Waals surface area (Å²) in [6.45, 7) is 6.54. The molecule has 2 amide bonds. The first kappa shape index (κ1) is 20.3. The van der Waals surface area contributed by atoms with Gasteiger partial charge in [0.25, 0.3) is 10.0 Å². The average molecular weight is 407 g/mol. The number of hydrogen-bond donors (Lipinski definition) is 2. The maximum absolute atomic E-state index is 12.9. The van der Waals surface area contributed by atoms with Crippen LogP contribution in [0.1, 0.15) is 39.2 Å². The van der Waals surface area contributed by atoms with Gasteiger partial charge in [-0.05, 0) is 30.9 Å². The third-order valence-corrected chi connectivity index (χ3v) is 6.51. The third kappa shape index (κ3) is 4.19. The number of fused-ring (bicyclic) bond motifs is 1. The summed E-state index contributed by atoms with van der Waals surface area (Å²) in [6, 6.07) is 5.86. The van der Waals surface area contributed by atoms with Crippen molar-refractivity contribution in [3.8, 4) is 0 Å². The van der Waals surface area contributed by atoms with Crippen molar-refractivity contribution in [2.24, 2.45) is 10.9 Å². The van der Waals surface area contributed by atoms with Gasteiger partial charge in [-0.25, -0.2) is 8.42 Å². The van der Waals surface area contributed by atoms with Gasteiger partial charge in [0.2, 0.25) is 11.8 Å². The van der Waals surface area contributed by atoms with Gasteiger partial charge in [0.05, 0.1) is 4.90 Å². The SMILES string of the molecule is CC(=O)N1CCC(NC(=O)[C@@H](N=C2NS(=O)(=O)c3ccccc32)C(C)C)CC1. The Morgan fingerprint density at radius 3 is 2.46 bits per heavy atom. The number of carbonyl (C=O) groups is 2. The second-order valence-corrected chi connectivity index (χ2v) is 9.21. The van der Waals surface area contributed by atoms with Crippen molar-refractivity contribution in [3.63, 3.8) is 0 Å². The number of piperidine rings is 1. The van der Waals surface area contributed by atoms with Crippen LogP contribution in [0, 0.1) is 5.92 Å². The Labute approximate surface area is 165 Å². The van der Waals surface area contributed by atoms with E-state index >= 15 is 0 Å². The van der Waals surface area contributed by atoms with E-state index in [4.69, 9.17) is 0 Å². The number of rotatable bonds is 4. The van der Waals surface area contributed by atoms with E-state index in [1.807, 2.05) is 13.8 Å². The average Bonchev–Trinajstić information content (AvgIpc) is 2.90. The molecule has 152 valence electrons. The highest BCUT2D eigenvalue weighted by Crippen LogP contribution is 2.23. The molecular formula is C19H26N4O4S.